The van der Waals surface area contributed by atoms with Gasteiger partial charge in [0.05, 0.1) is 6.10 Å². The molecule has 1 saturated heterocycles. The lowest BCUT2D eigenvalue weighted by Gasteiger charge is -2.33. The molecular formula is C18H27NO. The Hall–Kier alpha value is -0.860. The van der Waals surface area contributed by atoms with Crippen LogP contribution in [0.3, 0.4) is 0 Å². The summed E-state index contributed by atoms with van der Waals surface area (Å²) in [6.07, 6.45) is 6.57. The molecule has 1 fully saturated rings. The lowest BCUT2D eigenvalue weighted by molar-refractivity contribution is 0.0633. The van der Waals surface area contributed by atoms with E-state index in [9.17, 15) is 0 Å². The van der Waals surface area contributed by atoms with E-state index in [-0.39, 0.29) is 5.41 Å². The molecule has 110 valence electrons. The molecule has 1 N–H and O–H groups in total. The summed E-state index contributed by atoms with van der Waals surface area (Å²) >= 11 is 0. The van der Waals surface area contributed by atoms with E-state index in [2.05, 4.69) is 37.4 Å². The van der Waals surface area contributed by atoms with Crippen molar-refractivity contribution < 1.29 is 4.74 Å². The summed E-state index contributed by atoms with van der Waals surface area (Å²) in [4.78, 5) is 0. The summed E-state index contributed by atoms with van der Waals surface area (Å²) in [7, 11) is 0. The van der Waals surface area contributed by atoms with Crippen molar-refractivity contribution in [2.75, 3.05) is 19.7 Å². The fraction of sp³-hybridized carbons (Fsp3) is 0.667. The van der Waals surface area contributed by atoms with E-state index in [0.29, 0.717) is 6.10 Å². The molecular weight excluding hydrogens is 246 g/mol. The van der Waals surface area contributed by atoms with E-state index < -0.39 is 0 Å². The second kappa shape index (κ2) is 5.87. The minimum Gasteiger partial charge on any atom is -0.378 e. The Morgan fingerprint density at radius 1 is 1.30 bits per heavy atom. The van der Waals surface area contributed by atoms with E-state index in [1.807, 2.05) is 0 Å². The number of hydrogen-bond donors (Lipinski definition) is 1. The van der Waals surface area contributed by atoms with Crippen molar-refractivity contribution in [3.05, 3.63) is 34.9 Å². The maximum absolute atomic E-state index is 5.89. The second-order valence-corrected chi connectivity index (χ2v) is 6.54. The summed E-state index contributed by atoms with van der Waals surface area (Å²) in [6, 6.07) is 7.17. The highest BCUT2D eigenvalue weighted by Crippen LogP contribution is 2.38. The summed E-state index contributed by atoms with van der Waals surface area (Å²) in [5, 5.41) is 3.55. The number of fused-ring (bicyclic) bond motifs is 1. The Balaban J connectivity index is 1.79. The lowest BCUT2D eigenvalue weighted by atomic mass is 9.76. The van der Waals surface area contributed by atoms with E-state index in [1.165, 1.54) is 31.2 Å². The third-order valence-electron chi connectivity index (χ3n) is 5.28. The standard InChI is InChI=1S/C18H27NO/c1-3-19-13-18(9-10-20-14(18)2)12-15-7-8-16-5-4-6-17(16)11-15/h7-8,11,14,19H,3-6,9-10,12-13H2,1-2H3. The average Bonchev–Trinajstić information content (AvgIpc) is 3.04. The first kappa shape index (κ1) is 14.1. The van der Waals surface area contributed by atoms with E-state index in [0.717, 1.165) is 26.1 Å². The highest BCUT2D eigenvalue weighted by Gasteiger charge is 2.41. The van der Waals surface area contributed by atoms with Crippen molar-refractivity contribution in [1.29, 1.82) is 0 Å². The number of nitrogens with one attached hydrogen (secondary N) is 1. The van der Waals surface area contributed by atoms with Gasteiger partial charge in [0.25, 0.3) is 0 Å². The second-order valence-electron chi connectivity index (χ2n) is 6.54. The molecule has 2 aliphatic rings. The van der Waals surface area contributed by atoms with E-state index in [1.54, 1.807) is 11.1 Å². The van der Waals surface area contributed by atoms with Gasteiger partial charge >= 0.3 is 0 Å². The third kappa shape index (κ3) is 2.64. The SMILES string of the molecule is CCNCC1(Cc2ccc3c(c2)CCC3)CCOC1C. The van der Waals surface area contributed by atoms with Crippen LogP contribution in [0.4, 0.5) is 0 Å². The Bertz CT molecular complexity index is 470. The topological polar surface area (TPSA) is 21.3 Å². The summed E-state index contributed by atoms with van der Waals surface area (Å²) in [5.74, 6) is 0. The fourth-order valence-electron chi connectivity index (χ4n) is 3.86. The van der Waals surface area contributed by atoms with Crippen LogP contribution in [0.5, 0.6) is 0 Å². The Kier molecular flexibility index (Phi) is 4.13. The summed E-state index contributed by atoms with van der Waals surface area (Å²) < 4.78 is 5.89. The van der Waals surface area contributed by atoms with Crippen LogP contribution < -0.4 is 5.32 Å². The maximum Gasteiger partial charge on any atom is 0.0619 e. The molecule has 1 aliphatic heterocycles. The lowest BCUT2D eigenvalue weighted by Crippen LogP contribution is -2.41. The molecule has 2 heteroatoms. The van der Waals surface area contributed by atoms with Crippen LogP contribution in [-0.4, -0.2) is 25.8 Å². The zero-order valence-electron chi connectivity index (χ0n) is 12.9. The number of aryl methyl sites for hydroxylation is 2. The molecule has 3 rings (SSSR count). The van der Waals surface area contributed by atoms with Crippen LogP contribution in [0.25, 0.3) is 0 Å². The van der Waals surface area contributed by atoms with Crippen LogP contribution in [0.1, 0.15) is 43.4 Å². The van der Waals surface area contributed by atoms with Gasteiger partial charge in [0.1, 0.15) is 0 Å². The molecule has 1 heterocycles. The van der Waals surface area contributed by atoms with Crippen molar-refractivity contribution in [2.24, 2.45) is 5.41 Å². The van der Waals surface area contributed by atoms with Gasteiger partial charge in [-0.25, -0.2) is 0 Å². The number of ether oxygens (including phenoxy) is 1. The van der Waals surface area contributed by atoms with Crippen molar-refractivity contribution >= 4 is 0 Å². The van der Waals surface area contributed by atoms with Crippen molar-refractivity contribution in [3.63, 3.8) is 0 Å². The molecule has 0 aromatic heterocycles. The Morgan fingerprint density at radius 2 is 2.15 bits per heavy atom. The van der Waals surface area contributed by atoms with E-state index in [4.69, 9.17) is 4.74 Å². The molecule has 0 amide bonds. The number of rotatable bonds is 5. The first-order valence-electron chi connectivity index (χ1n) is 8.16. The van der Waals surface area contributed by atoms with Gasteiger partial charge in [0, 0.05) is 18.6 Å². The highest BCUT2D eigenvalue weighted by molar-refractivity contribution is 5.36. The molecule has 2 unspecified atom stereocenters. The van der Waals surface area contributed by atoms with Gasteiger partial charge in [-0.1, -0.05) is 25.1 Å². The van der Waals surface area contributed by atoms with Crippen LogP contribution in [0.15, 0.2) is 18.2 Å². The average molecular weight is 273 g/mol. The smallest absolute Gasteiger partial charge is 0.0619 e. The van der Waals surface area contributed by atoms with Gasteiger partial charge in [-0.15, -0.1) is 0 Å². The fourth-order valence-corrected chi connectivity index (χ4v) is 3.86. The predicted molar refractivity (Wildman–Crippen MR) is 83.2 cm³/mol. The Morgan fingerprint density at radius 3 is 2.90 bits per heavy atom. The summed E-state index contributed by atoms with van der Waals surface area (Å²) in [5.41, 5.74) is 4.95. The molecule has 1 aromatic rings. The molecule has 2 nitrogen and oxygen atoms in total. The molecule has 1 aromatic carbocycles. The first-order chi connectivity index (χ1) is 9.73. The molecule has 1 aliphatic carbocycles. The van der Waals surface area contributed by atoms with Gasteiger partial charge in [0.15, 0.2) is 0 Å². The van der Waals surface area contributed by atoms with Crippen LogP contribution in [0, 0.1) is 5.41 Å². The maximum atomic E-state index is 5.89. The summed E-state index contributed by atoms with van der Waals surface area (Å²) in [6.45, 7) is 7.46. The zero-order chi connectivity index (χ0) is 14.0. The van der Waals surface area contributed by atoms with Gasteiger partial charge < -0.3 is 10.1 Å². The van der Waals surface area contributed by atoms with E-state index >= 15 is 0 Å². The number of hydrogen-bond acceptors (Lipinski definition) is 2. The minimum atomic E-state index is 0.281. The molecule has 0 radical (unpaired) electrons. The van der Waals surface area contributed by atoms with Crippen molar-refractivity contribution in [1.82, 2.24) is 5.32 Å². The molecule has 0 bridgehead atoms. The van der Waals surface area contributed by atoms with Gasteiger partial charge in [-0.3, -0.25) is 0 Å². The Labute approximate surface area is 122 Å². The van der Waals surface area contributed by atoms with Crippen LogP contribution >= 0.6 is 0 Å². The highest BCUT2D eigenvalue weighted by atomic mass is 16.5. The van der Waals surface area contributed by atoms with Crippen molar-refractivity contribution in [2.45, 2.75) is 52.1 Å². The van der Waals surface area contributed by atoms with Gasteiger partial charge in [-0.2, -0.15) is 0 Å². The normalized spacial score (nSPS) is 28.8. The first-order valence-corrected chi connectivity index (χ1v) is 8.16. The largest absolute Gasteiger partial charge is 0.378 e. The molecule has 20 heavy (non-hydrogen) atoms. The quantitative estimate of drug-likeness (QED) is 0.890. The number of benzene rings is 1. The predicted octanol–water partition coefficient (Wildman–Crippen LogP) is 3.12. The van der Waals surface area contributed by atoms with Crippen LogP contribution in [-0.2, 0) is 24.0 Å². The minimum absolute atomic E-state index is 0.281. The van der Waals surface area contributed by atoms with Gasteiger partial charge in [0.2, 0.25) is 0 Å². The van der Waals surface area contributed by atoms with Gasteiger partial charge in [-0.05, 0) is 62.3 Å². The molecule has 0 spiro atoms. The van der Waals surface area contributed by atoms with Crippen molar-refractivity contribution in [3.8, 4) is 0 Å². The molecule has 2 atom stereocenters. The van der Waals surface area contributed by atoms with Crippen LogP contribution in [0.2, 0.25) is 0 Å². The zero-order valence-corrected chi connectivity index (χ0v) is 12.9. The third-order valence-corrected chi connectivity index (χ3v) is 5.28. The monoisotopic (exact) mass is 273 g/mol. The molecule has 0 saturated carbocycles.